The molecule has 1 aromatic heterocycles. The number of amides is 1. The molecular weight excluding hydrogens is 492 g/mol. The number of nitrogens with zero attached hydrogens (tertiary/aromatic N) is 1. The van der Waals surface area contributed by atoms with Gasteiger partial charge in [-0.2, -0.15) is 0 Å². The van der Waals surface area contributed by atoms with Gasteiger partial charge >= 0.3 is 11.9 Å². The molecule has 0 bridgehead atoms. The molecule has 1 amide bonds. The van der Waals surface area contributed by atoms with Crippen LogP contribution >= 0.6 is 11.6 Å². The minimum absolute atomic E-state index is 0.0390. The molecule has 3 atom stereocenters. The van der Waals surface area contributed by atoms with E-state index in [0.29, 0.717) is 10.8 Å². The molecule has 1 aromatic carbocycles. The minimum atomic E-state index is -1.02. The van der Waals surface area contributed by atoms with E-state index in [1.807, 2.05) is 13.8 Å². The predicted molar refractivity (Wildman–Crippen MR) is 131 cm³/mol. The van der Waals surface area contributed by atoms with Gasteiger partial charge in [-0.05, 0) is 38.0 Å². The van der Waals surface area contributed by atoms with Crippen molar-refractivity contribution in [3.63, 3.8) is 0 Å². The normalized spacial score (nSPS) is 13.2. The molecule has 1 N–H and O–H groups in total. The van der Waals surface area contributed by atoms with Gasteiger partial charge in [-0.25, -0.2) is 9.78 Å². The first-order valence-corrected chi connectivity index (χ1v) is 11.6. The Morgan fingerprint density at radius 1 is 1.11 bits per heavy atom. The average Bonchev–Trinajstić information content (AvgIpc) is 2.81. The smallest absolute Gasteiger partial charge is 0.328 e. The second-order valence-electron chi connectivity index (χ2n) is 8.21. The minimum Gasteiger partial charge on any atom is -0.493 e. The van der Waals surface area contributed by atoms with E-state index in [9.17, 15) is 14.4 Å². The Kier molecular flexibility index (Phi) is 10.8. The average molecular weight is 523 g/mol. The van der Waals surface area contributed by atoms with Crippen molar-refractivity contribution in [3.8, 4) is 17.2 Å². The maximum Gasteiger partial charge on any atom is 0.328 e. The molecular formula is C25H31ClN2O8. The maximum atomic E-state index is 12.9. The number of benzene rings is 1. The molecule has 196 valence electrons. The molecule has 0 radical (unpaired) electrons. The van der Waals surface area contributed by atoms with Crippen LogP contribution in [-0.4, -0.2) is 55.0 Å². The predicted octanol–water partition coefficient (Wildman–Crippen LogP) is 3.80. The van der Waals surface area contributed by atoms with Crippen molar-refractivity contribution in [2.75, 3.05) is 13.9 Å². The van der Waals surface area contributed by atoms with Crippen LogP contribution in [0.2, 0.25) is 5.02 Å². The van der Waals surface area contributed by atoms with Crippen molar-refractivity contribution >= 4 is 29.4 Å². The molecule has 2 rings (SSSR count). The molecule has 0 aliphatic heterocycles. The molecule has 0 aliphatic rings. The van der Waals surface area contributed by atoms with E-state index in [4.69, 9.17) is 35.3 Å². The van der Waals surface area contributed by atoms with Gasteiger partial charge in [-0.15, -0.1) is 0 Å². The number of hydrogen-bond donors (Lipinski definition) is 1. The van der Waals surface area contributed by atoms with Crippen molar-refractivity contribution in [2.24, 2.45) is 5.92 Å². The van der Waals surface area contributed by atoms with Crippen LogP contribution in [0.4, 0.5) is 0 Å². The third-order valence-electron chi connectivity index (χ3n) is 4.96. The van der Waals surface area contributed by atoms with Gasteiger partial charge in [0.05, 0.1) is 7.11 Å². The van der Waals surface area contributed by atoms with Crippen LogP contribution in [-0.2, 0) is 19.1 Å². The Bertz CT molecular complexity index is 1060. The number of nitrogens with one attached hydrogen (secondary N) is 1. The lowest BCUT2D eigenvalue weighted by molar-refractivity contribution is -0.158. The summed E-state index contributed by atoms with van der Waals surface area (Å²) in [4.78, 5) is 40.8. The molecule has 0 saturated heterocycles. The van der Waals surface area contributed by atoms with E-state index in [1.165, 1.54) is 33.2 Å². The fourth-order valence-corrected chi connectivity index (χ4v) is 3.40. The fourth-order valence-electron chi connectivity index (χ4n) is 3.22. The summed E-state index contributed by atoms with van der Waals surface area (Å²) in [7, 11) is 1.38. The number of aromatic nitrogens is 1. The van der Waals surface area contributed by atoms with Gasteiger partial charge < -0.3 is 29.0 Å². The molecule has 0 fully saturated rings. The van der Waals surface area contributed by atoms with Gasteiger partial charge in [0.25, 0.3) is 5.91 Å². The molecule has 36 heavy (non-hydrogen) atoms. The maximum absolute atomic E-state index is 12.9. The third-order valence-corrected chi connectivity index (χ3v) is 5.20. The molecule has 0 spiro atoms. The van der Waals surface area contributed by atoms with Crippen molar-refractivity contribution in [1.82, 2.24) is 10.3 Å². The number of carbonyl (C=O) groups excluding carboxylic acids is 3. The summed E-state index contributed by atoms with van der Waals surface area (Å²) in [6, 6.07) is 7.37. The van der Waals surface area contributed by atoms with Gasteiger partial charge in [0.1, 0.15) is 24.0 Å². The van der Waals surface area contributed by atoms with Gasteiger partial charge in [0.15, 0.2) is 17.2 Å². The Morgan fingerprint density at radius 3 is 2.44 bits per heavy atom. The highest BCUT2D eigenvalue weighted by Gasteiger charge is 2.30. The summed E-state index contributed by atoms with van der Waals surface area (Å²) in [5.41, 5.74) is -0.154. The van der Waals surface area contributed by atoms with Crippen LogP contribution in [0.3, 0.4) is 0 Å². The van der Waals surface area contributed by atoms with Gasteiger partial charge in [-0.1, -0.05) is 31.5 Å². The molecule has 1 heterocycles. The third kappa shape index (κ3) is 8.30. The highest BCUT2D eigenvalue weighted by atomic mass is 35.5. The fraction of sp³-hybridized carbons (Fsp3) is 0.440. The standard InChI is InChI=1S/C25H31ClN2O8/c1-14(2)22(16(4)35-19-9-7-8-18(26)12-19)36-25(31)15(3)28-24(30)21-23(34-13-33-17(5)29)20(32-6)10-11-27-21/h7-12,14-16,22H,13H2,1-6H3,(H,28,30)/t15-,16-,22+/m0/s1. The Labute approximate surface area is 215 Å². The highest BCUT2D eigenvalue weighted by Crippen LogP contribution is 2.29. The van der Waals surface area contributed by atoms with Crippen LogP contribution < -0.4 is 19.5 Å². The summed E-state index contributed by atoms with van der Waals surface area (Å²) >= 11 is 6.02. The molecule has 2 aromatic rings. The lowest BCUT2D eigenvalue weighted by atomic mass is 10.0. The highest BCUT2D eigenvalue weighted by molar-refractivity contribution is 6.30. The molecule has 0 aliphatic carbocycles. The summed E-state index contributed by atoms with van der Waals surface area (Å²) in [5.74, 6) is -1.30. The Balaban J connectivity index is 2.09. The number of halogens is 1. The lowest BCUT2D eigenvalue weighted by Crippen LogP contribution is -2.45. The summed E-state index contributed by atoms with van der Waals surface area (Å²) < 4.78 is 27.0. The van der Waals surface area contributed by atoms with E-state index in [0.717, 1.165) is 0 Å². The molecule has 0 saturated carbocycles. The molecule has 10 nitrogen and oxygen atoms in total. The largest absolute Gasteiger partial charge is 0.493 e. The summed E-state index contributed by atoms with van der Waals surface area (Å²) in [6.45, 7) is 7.83. The van der Waals surface area contributed by atoms with Gasteiger partial charge in [-0.3, -0.25) is 9.59 Å². The SMILES string of the molecule is COc1ccnc(C(=O)N[C@@H](C)C(=O)O[C@H](C(C)C)[C@H](C)Oc2cccc(Cl)c2)c1OCOC(C)=O. The monoisotopic (exact) mass is 522 g/mol. The van der Waals surface area contributed by atoms with Gasteiger partial charge in [0.2, 0.25) is 6.79 Å². The lowest BCUT2D eigenvalue weighted by Gasteiger charge is -2.29. The zero-order chi connectivity index (χ0) is 26.8. The number of pyridine rings is 1. The number of carbonyl (C=O) groups is 3. The van der Waals surface area contributed by atoms with Crippen molar-refractivity contribution in [2.45, 2.75) is 52.9 Å². The van der Waals surface area contributed by atoms with Gasteiger partial charge in [0, 0.05) is 24.2 Å². The topological polar surface area (TPSA) is 122 Å². The van der Waals surface area contributed by atoms with Crippen LogP contribution in [0.25, 0.3) is 0 Å². The van der Waals surface area contributed by atoms with Crippen LogP contribution in [0, 0.1) is 5.92 Å². The van der Waals surface area contributed by atoms with Crippen molar-refractivity contribution in [3.05, 3.63) is 47.2 Å². The number of esters is 2. The van der Waals surface area contributed by atoms with Crippen LogP contribution in [0.5, 0.6) is 17.2 Å². The van der Waals surface area contributed by atoms with E-state index in [1.54, 1.807) is 31.2 Å². The number of rotatable bonds is 12. The quantitative estimate of drug-likeness (QED) is 0.327. The first-order chi connectivity index (χ1) is 17.0. The molecule has 0 unspecified atom stereocenters. The van der Waals surface area contributed by atoms with E-state index in [2.05, 4.69) is 10.3 Å². The number of ether oxygens (including phenoxy) is 5. The summed E-state index contributed by atoms with van der Waals surface area (Å²) in [6.07, 6.45) is 0.254. The summed E-state index contributed by atoms with van der Waals surface area (Å²) in [5, 5.41) is 3.07. The number of hydrogen-bond acceptors (Lipinski definition) is 9. The first-order valence-electron chi connectivity index (χ1n) is 11.3. The van der Waals surface area contributed by atoms with E-state index in [-0.39, 0.29) is 23.1 Å². The second-order valence-corrected chi connectivity index (χ2v) is 8.65. The van der Waals surface area contributed by atoms with E-state index >= 15 is 0 Å². The zero-order valence-electron chi connectivity index (χ0n) is 21.1. The molecule has 11 heteroatoms. The zero-order valence-corrected chi connectivity index (χ0v) is 21.8. The number of methoxy groups -OCH3 is 1. The Morgan fingerprint density at radius 2 is 1.83 bits per heavy atom. The first kappa shape index (κ1) is 28.7. The van der Waals surface area contributed by atoms with Crippen LogP contribution in [0.1, 0.15) is 45.1 Å². The Hall–Kier alpha value is -3.53. The van der Waals surface area contributed by atoms with E-state index < -0.39 is 42.9 Å². The van der Waals surface area contributed by atoms with Crippen molar-refractivity contribution in [1.29, 1.82) is 0 Å². The van der Waals surface area contributed by atoms with Crippen LogP contribution in [0.15, 0.2) is 36.5 Å². The van der Waals surface area contributed by atoms with Crippen molar-refractivity contribution < 1.29 is 38.1 Å². The second kappa shape index (κ2) is 13.5.